The summed E-state index contributed by atoms with van der Waals surface area (Å²) in [5.74, 6) is -0.253. The Morgan fingerprint density at radius 1 is 1.33 bits per heavy atom. The van der Waals surface area contributed by atoms with Gasteiger partial charge in [0.15, 0.2) is 5.69 Å². The third-order valence-corrected chi connectivity index (χ3v) is 1.42. The van der Waals surface area contributed by atoms with Crippen LogP contribution >= 0.6 is 0 Å². The first-order chi connectivity index (χ1) is 5.43. The Hall–Kier alpha value is -1.07. The van der Waals surface area contributed by atoms with Crippen molar-refractivity contribution in [1.82, 2.24) is 15.4 Å². The van der Waals surface area contributed by atoms with E-state index in [0.29, 0.717) is 0 Å². The maximum Gasteiger partial charge on any atom is 0.437 e. The summed E-state index contributed by atoms with van der Waals surface area (Å²) < 4.78 is 36.4. The highest BCUT2D eigenvalue weighted by Crippen LogP contribution is 2.31. The van der Waals surface area contributed by atoms with Crippen molar-refractivity contribution in [3.8, 4) is 0 Å². The van der Waals surface area contributed by atoms with E-state index in [9.17, 15) is 13.2 Å². The number of aromatic amines is 1. The maximum absolute atomic E-state index is 12.1. The molecule has 0 bridgehead atoms. The van der Waals surface area contributed by atoms with Crippen molar-refractivity contribution >= 4 is 0 Å². The molecule has 0 aliphatic rings. The van der Waals surface area contributed by atoms with Gasteiger partial charge < -0.3 is 0 Å². The molecule has 0 aliphatic carbocycles. The van der Waals surface area contributed by atoms with E-state index in [1.54, 1.807) is 13.8 Å². The van der Waals surface area contributed by atoms with Crippen molar-refractivity contribution in [2.75, 3.05) is 0 Å². The lowest BCUT2D eigenvalue weighted by atomic mass is 10.1. The van der Waals surface area contributed by atoms with Crippen LogP contribution in [0.3, 0.4) is 0 Å². The van der Waals surface area contributed by atoms with Gasteiger partial charge in [0.2, 0.25) is 0 Å². The SMILES string of the molecule is CC(C)c1[nH]nnc1C(F)(F)F. The van der Waals surface area contributed by atoms with Gasteiger partial charge in [-0.3, -0.25) is 5.10 Å². The molecule has 0 fully saturated rings. The summed E-state index contributed by atoms with van der Waals surface area (Å²) in [5.41, 5.74) is -0.889. The van der Waals surface area contributed by atoms with E-state index in [0.717, 1.165) is 0 Å². The van der Waals surface area contributed by atoms with Crippen molar-refractivity contribution in [2.24, 2.45) is 0 Å². The molecule has 1 N–H and O–H groups in total. The summed E-state index contributed by atoms with van der Waals surface area (Å²) in [5, 5.41) is 8.32. The van der Waals surface area contributed by atoms with Crippen LogP contribution in [0.1, 0.15) is 31.2 Å². The molecule has 0 aliphatic heterocycles. The van der Waals surface area contributed by atoms with Gasteiger partial charge in [0, 0.05) is 0 Å². The van der Waals surface area contributed by atoms with Crippen molar-refractivity contribution < 1.29 is 13.2 Å². The van der Waals surface area contributed by atoms with Crippen LogP contribution in [0.25, 0.3) is 0 Å². The number of nitrogens with one attached hydrogen (secondary N) is 1. The number of nitrogens with zero attached hydrogens (tertiary/aromatic N) is 2. The molecule has 1 rings (SSSR count). The standard InChI is InChI=1S/C6H8F3N3/c1-3(2)4-5(6(7,8)9)11-12-10-4/h3H,1-2H3,(H,10,11,12). The Bertz CT molecular complexity index is 263. The average molecular weight is 179 g/mol. The van der Waals surface area contributed by atoms with Gasteiger partial charge in [-0.1, -0.05) is 19.1 Å². The van der Waals surface area contributed by atoms with E-state index in [-0.39, 0.29) is 11.6 Å². The quantitative estimate of drug-likeness (QED) is 0.715. The number of hydrogen-bond donors (Lipinski definition) is 1. The minimum Gasteiger partial charge on any atom is -0.261 e. The molecule has 0 radical (unpaired) electrons. The number of aromatic nitrogens is 3. The van der Waals surface area contributed by atoms with Crippen LogP contribution in [0.5, 0.6) is 0 Å². The number of alkyl halides is 3. The topological polar surface area (TPSA) is 41.6 Å². The normalized spacial score (nSPS) is 12.5. The Balaban J connectivity index is 3.08. The lowest BCUT2D eigenvalue weighted by Crippen LogP contribution is -2.09. The van der Waals surface area contributed by atoms with Gasteiger partial charge in [0.05, 0.1) is 5.69 Å². The Kier molecular flexibility index (Phi) is 2.08. The average Bonchev–Trinajstić information content (AvgIpc) is 2.30. The maximum atomic E-state index is 12.1. The van der Waals surface area contributed by atoms with E-state index >= 15 is 0 Å². The first-order valence-corrected chi connectivity index (χ1v) is 3.41. The van der Waals surface area contributed by atoms with E-state index in [1.165, 1.54) is 0 Å². The molecular weight excluding hydrogens is 171 g/mol. The second kappa shape index (κ2) is 2.76. The molecule has 0 spiro atoms. The number of halogens is 3. The fourth-order valence-electron chi connectivity index (χ4n) is 0.848. The van der Waals surface area contributed by atoms with Gasteiger partial charge >= 0.3 is 6.18 Å². The fraction of sp³-hybridized carbons (Fsp3) is 0.667. The lowest BCUT2D eigenvalue weighted by Gasteiger charge is -2.06. The van der Waals surface area contributed by atoms with Gasteiger partial charge in [0.1, 0.15) is 0 Å². The van der Waals surface area contributed by atoms with E-state index < -0.39 is 11.9 Å². The van der Waals surface area contributed by atoms with Crippen molar-refractivity contribution in [3.05, 3.63) is 11.4 Å². The predicted octanol–water partition coefficient (Wildman–Crippen LogP) is 1.95. The molecule has 0 atom stereocenters. The Morgan fingerprint density at radius 3 is 2.25 bits per heavy atom. The van der Waals surface area contributed by atoms with Crippen LogP contribution in [0.4, 0.5) is 13.2 Å². The van der Waals surface area contributed by atoms with E-state index in [2.05, 4.69) is 15.4 Å². The van der Waals surface area contributed by atoms with Crippen LogP contribution in [0, 0.1) is 0 Å². The van der Waals surface area contributed by atoms with Crippen LogP contribution in [-0.2, 0) is 6.18 Å². The molecule has 12 heavy (non-hydrogen) atoms. The largest absolute Gasteiger partial charge is 0.437 e. The van der Waals surface area contributed by atoms with Gasteiger partial charge in [-0.2, -0.15) is 13.2 Å². The third kappa shape index (κ3) is 1.57. The highest BCUT2D eigenvalue weighted by Gasteiger charge is 2.37. The summed E-state index contributed by atoms with van der Waals surface area (Å²) in [6, 6.07) is 0. The highest BCUT2D eigenvalue weighted by molar-refractivity contribution is 5.15. The zero-order valence-corrected chi connectivity index (χ0v) is 6.61. The summed E-state index contributed by atoms with van der Waals surface area (Å²) >= 11 is 0. The zero-order chi connectivity index (χ0) is 9.35. The molecule has 1 heterocycles. The fourth-order valence-corrected chi connectivity index (χ4v) is 0.848. The molecule has 0 saturated carbocycles. The molecule has 0 unspecified atom stereocenters. The number of H-pyrrole nitrogens is 1. The summed E-state index contributed by atoms with van der Waals surface area (Å²) in [4.78, 5) is 0. The van der Waals surface area contributed by atoms with Crippen LogP contribution in [0.15, 0.2) is 0 Å². The molecule has 0 saturated heterocycles. The van der Waals surface area contributed by atoms with Crippen LogP contribution in [-0.4, -0.2) is 15.4 Å². The number of hydrogen-bond acceptors (Lipinski definition) is 2. The molecule has 0 amide bonds. The third-order valence-electron chi connectivity index (χ3n) is 1.42. The molecular formula is C6H8F3N3. The van der Waals surface area contributed by atoms with Gasteiger partial charge in [0.25, 0.3) is 0 Å². The van der Waals surface area contributed by atoms with Crippen molar-refractivity contribution in [1.29, 1.82) is 0 Å². The van der Waals surface area contributed by atoms with Crippen molar-refractivity contribution in [3.63, 3.8) is 0 Å². The molecule has 6 heteroatoms. The summed E-state index contributed by atoms with van der Waals surface area (Å²) in [6.07, 6.45) is -4.41. The second-order valence-corrected chi connectivity index (χ2v) is 2.73. The van der Waals surface area contributed by atoms with Gasteiger partial charge in [-0.15, -0.1) is 5.10 Å². The lowest BCUT2D eigenvalue weighted by molar-refractivity contribution is -0.142. The van der Waals surface area contributed by atoms with E-state index in [1.807, 2.05) is 0 Å². The highest BCUT2D eigenvalue weighted by atomic mass is 19.4. The van der Waals surface area contributed by atoms with Gasteiger partial charge in [-0.05, 0) is 5.92 Å². The molecule has 1 aromatic heterocycles. The minimum atomic E-state index is -4.41. The summed E-state index contributed by atoms with van der Waals surface area (Å²) in [7, 11) is 0. The first kappa shape index (κ1) is 9.02. The monoisotopic (exact) mass is 179 g/mol. The molecule has 68 valence electrons. The first-order valence-electron chi connectivity index (χ1n) is 3.41. The number of rotatable bonds is 1. The molecule has 3 nitrogen and oxygen atoms in total. The minimum absolute atomic E-state index is 0.0301. The van der Waals surface area contributed by atoms with Gasteiger partial charge in [-0.25, -0.2) is 0 Å². The van der Waals surface area contributed by atoms with E-state index in [4.69, 9.17) is 0 Å². The second-order valence-electron chi connectivity index (χ2n) is 2.73. The molecule has 0 aromatic carbocycles. The Morgan fingerprint density at radius 2 is 1.92 bits per heavy atom. The Labute approximate surface area is 67.0 Å². The smallest absolute Gasteiger partial charge is 0.261 e. The van der Waals surface area contributed by atoms with Crippen LogP contribution < -0.4 is 0 Å². The zero-order valence-electron chi connectivity index (χ0n) is 6.61. The molecule has 1 aromatic rings. The predicted molar refractivity (Wildman–Crippen MR) is 35.5 cm³/mol. The van der Waals surface area contributed by atoms with Crippen molar-refractivity contribution in [2.45, 2.75) is 25.9 Å². The van der Waals surface area contributed by atoms with Crippen LogP contribution in [0.2, 0.25) is 0 Å². The summed E-state index contributed by atoms with van der Waals surface area (Å²) in [6.45, 7) is 3.29.